The van der Waals surface area contributed by atoms with Gasteiger partial charge in [-0.05, 0) is 18.6 Å². The fourth-order valence-electron chi connectivity index (χ4n) is 3.23. The van der Waals surface area contributed by atoms with Gasteiger partial charge in [-0.1, -0.05) is 11.6 Å². The van der Waals surface area contributed by atoms with Crippen molar-refractivity contribution in [3.8, 4) is 17.3 Å². The van der Waals surface area contributed by atoms with Crippen LogP contribution in [0.5, 0.6) is 6.01 Å². The predicted molar refractivity (Wildman–Crippen MR) is 85.1 cm³/mol. The first-order chi connectivity index (χ1) is 11.8. The predicted octanol–water partition coefficient (Wildman–Crippen LogP) is 2.81. The highest BCUT2D eigenvalue weighted by molar-refractivity contribution is 6.33. The SMILES string of the molecule is Clc1cc2[nH]c(OC3COC4CCOC43)nc2nc1-c1ccoc1. The molecule has 0 spiro atoms. The molecule has 2 aliphatic rings. The summed E-state index contributed by atoms with van der Waals surface area (Å²) in [5, 5.41) is 0.516. The van der Waals surface area contributed by atoms with Crippen LogP contribution in [0.4, 0.5) is 0 Å². The number of H-pyrrole nitrogens is 1. The molecule has 2 saturated heterocycles. The lowest BCUT2D eigenvalue weighted by Crippen LogP contribution is -2.32. The summed E-state index contributed by atoms with van der Waals surface area (Å²) in [5.74, 6) is 0. The molecule has 0 aromatic carbocycles. The molecule has 0 amide bonds. The lowest BCUT2D eigenvalue weighted by atomic mass is 10.1. The number of imidazole rings is 1. The molecule has 0 radical (unpaired) electrons. The molecule has 24 heavy (non-hydrogen) atoms. The molecule has 124 valence electrons. The molecule has 3 unspecified atom stereocenters. The molecule has 5 heterocycles. The zero-order valence-corrected chi connectivity index (χ0v) is 13.3. The number of nitrogens with one attached hydrogen (secondary N) is 1. The molecule has 7 nitrogen and oxygen atoms in total. The minimum Gasteiger partial charge on any atom is -0.472 e. The zero-order valence-electron chi connectivity index (χ0n) is 12.6. The summed E-state index contributed by atoms with van der Waals surface area (Å²) in [6, 6.07) is 3.98. The van der Waals surface area contributed by atoms with E-state index >= 15 is 0 Å². The van der Waals surface area contributed by atoms with E-state index in [0.29, 0.717) is 41.1 Å². The Morgan fingerprint density at radius 3 is 3.12 bits per heavy atom. The molecule has 0 saturated carbocycles. The summed E-state index contributed by atoms with van der Waals surface area (Å²) in [6.07, 6.45) is 4.01. The number of halogens is 1. The van der Waals surface area contributed by atoms with Crippen LogP contribution in [-0.4, -0.2) is 46.5 Å². The molecule has 3 aromatic heterocycles. The molecule has 1 N–H and O–H groups in total. The number of rotatable bonds is 3. The molecular formula is C16H14ClN3O4. The topological polar surface area (TPSA) is 82.4 Å². The van der Waals surface area contributed by atoms with Gasteiger partial charge in [0, 0.05) is 12.2 Å². The first-order valence-electron chi connectivity index (χ1n) is 7.76. The van der Waals surface area contributed by atoms with Crippen molar-refractivity contribution >= 4 is 22.8 Å². The maximum absolute atomic E-state index is 6.31. The Bertz CT molecular complexity index is 879. The van der Waals surface area contributed by atoms with E-state index in [9.17, 15) is 0 Å². The van der Waals surface area contributed by atoms with Gasteiger partial charge in [-0.15, -0.1) is 0 Å². The summed E-state index contributed by atoms with van der Waals surface area (Å²) in [6.45, 7) is 1.21. The van der Waals surface area contributed by atoms with Crippen LogP contribution in [0.1, 0.15) is 6.42 Å². The van der Waals surface area contributed by atoms with Gasteiger partial charge in [-0.25, -0.2) is 4.98 Å². The Morgan fingerprint density at radius 1 is 1.29 bits per heavy atom. The van der Waals surface area contributed by atoms with Crippen LogP contribution in [0.3, 0.4) is 0 Å². The maximum Gasteiger partial charge on any atom is 0.296 e. The molecule has 5 rings (SSSR count). The van der Waals surface area contributed by atoms with Crippen LogP contribution < -0.4 is 4.74 Å². The minimum atomic E-state index is -0.165. The first kappa shape index (κ1) is 14.3. The van der Waals surface area contributed by atoms with Crippen LogP contribution in [-0.2, 0) is 9.47 Å². The summed E-state index contributed by atoms with van der Waals surface area (Å²) in [7, 11) is 0. The average molecular weight is 348 g/mol. The van der Waals surface area contributed by atoms with E-state index in [1.165, 1.54) is 0 Å². The van der Waals surface area contributed by atoms with Crippen LogP contribution in [0, 0.1) is 0 Å². The van der Waals surface area contributed by atoms with Crippen molar-refractivity contribution in [3.05, 3.63) is 29.7 Å². The minimum absolute atomic E-state index is 0.0312. The van der Waals surface area contributed by atoms with E-state index in [1.54, 1.807) is 24.7 Å². The van der Waals surface area contributed by atoms with E-state index < -0.39 is 0 Å². The highest BCUT2D eigenvalue weighted by Gasteiger charge is 2.43. The van der Waals surface area contributed by atoms with Crippen molar-refractivity contribution < 1.29 is 18.6 Å². The van der Waals surface area contributed by atoms with Gasteiger partial charge >= 0.3 is 0 Å². The van der Waals surface area contributed by atoms with Gasteiger partial charge in [0.15, 0.2) is 11.8 Å². The third-order valence-corrected chi connectivity index (χ3v) is 4.67. The van der Waals surface area contributed by atoms with Crippen molar-refractivity contribution in [1.82, 2.24) is 15.0 Å². The molecule has 2 fully saturated rings. The Balaban J connectivity index is 1.45. The molecule has 3 atom stereocenters. The van der Waals surface area contributed by atoms with Crippen molar-refractivity contribution in [3.63, 3.8) is 0 Å². The molecule has 3 aromatic rings. The number of pyridine rings is 1. The van der Waals surface area contributed by atoms with Gasteiger partial charge in [-0.3, -0.25) is 0 Å². The van der Waals surface area contributed by atoms with Gasteiger partial charge in [0.05, 0.1) is 41.5 Å². The van der Waals surface area contributed by atoms with Crippen molar-refractivity contribution in [1.29, 1.82) is 0 Å². The number of furan rings is 1. The van der Waals surface area contributed by atoms with Gasteiger partial charge in [0.1, 0.15) is 6.10 Å². The zero-order chi connectivity index (χ0) is 16.1. The van der Waals surface area contributed by atoms with Crippen molar-refractivity contribution in [2.45, 2.75) is 24.7 Å². The summed E-state index contributed by atoms with van der Waals surface area (Å²) < 4.78 is 22.4. The number of fused-ring (bicyclic) bond motifs is 2. The second kappa shape index (κ2) is 5.47. The average Bonchev–Trinajstić information content (AvgIpc) is 3.31. The Hall–Kier alpha value is -2.09. The Kier molecular flexibility index (Phi) is 3.26. The van der Waals surface area contributed by atoms with E-state index in [4.69, 9.17) is 30.2 Å². The monoisotopic (exact) mass is 347 g/mol. The number of aromatic amines is 1. The molecule has 0 aliphatic carbocycles. The van der Waals surface area contributed by atoms with Gasteiger partial charge in [0.2, 0.25) is 0 Å². The Labute approximate surface area is 141 Å². The van der Waals surface area contributed by atoms with Crippen LogP contribution in [0.25, 0.3) is 22.4 Å². The largest absolute Gasteiger partial charge is 0.472 e. The first-order valence-corrected chi connectivity index (χ1v) is 8.14. The number of aromatic nitrogens is 3. The third kappa shape index (κ3) is 2.28. The highest BCUT2D eigenvalue weighted by Crippen LogP contribution is 2.31. The van der Waals surface area contributed by atoms with E-state index in [0.717, 1.165) is 12.0 Å². The number of nitrogens with zero attached hydrogens (tertiary/aromatic N) is 2. The highest BCUT2D eigenvalue weighted by atomic mass is 35.5. The molecular weight excluding hydrogens is 334 g/mol. The lowest BCUT2D eigenvalue weighted by Gasteiger charge is -2.15. The number of ether oxygens (including phenoxy) is 3. The molecule has 0 bridgehead atoms. The lowest BCUT2D eigenvalue weighted by molar-refractivity contribution is 0.0273. The van der Waals surface area contributed by atoms with E-state index in [2.05, 4.69) is 15.0 Å². The second-order valence-electron chi connectivity index (χ2n) is 5.90. The van der Waals surface area contributed by atoms with E-state index in [-0.39, 0.29) is 18.3 Å². The fraction of sp³-hybridized carbons (Fsp3) is 0.375. The smallest absolute Gasteiger partial charge is 0.296 e. The van der Waals surface area contributed by atoms with Gasteiger partial charge in [-0.2, -0.15) is 4.98 Å². The molecule has 2 aliphatic heterocycles. The standard InChI is InChI=1S/C16H14ClN3O4/c17-9-5-10-15(19-13(9)8-1-3-21-6-8)20-16(18-10)24-12-7-23-11-2-4-22-14(11)12/h1,3,5-6,11-12,14H,2,4,7H2,(H,18,19,20). The third-order valence-electron chi connectivity index (χ3n) is 4.38. The Morgan fingerprint density at radius 2 is 2.25 bits per heavy atom. The number of hydrogen-bond acceptors (Lipinski definition) is 6. The number of hydrogen-bond donors (Lipinski definition) is 1. The van der Waals surface area contributed by atoms with Gasteiger partial charge in [0.25, 0.3) is 6.01 Å². The van der Waals surface area contributed by atoms with Gasteiger partial charge < -0.3 is 23.6 Å². The summed E-state index contributed by atoms with van der Waals surface area (Å²) in [4.78, 5) is 12.0. The second-order valence-corrected chi connectivity index (χ2v) is 6.30. The maximum atomic E-state index is 6.31. The van der Waals surface area contributed by atoms with Crippen LogP contribution >= 0.6 is 11.6 Å². The van der Waals surface area contributed by atoms with Crippen molar-refractivity contribution in [2.75, 3.05) is 13.2 Å². The quantitative estimate of drug-likeness (QED) is 0.784. The van der Waals surface area contributed by atoms with Crippen LogP contribution in [0.15, 0.2) is 29.1 Å². The van der Waals surface area contributed by atoms with Crippen molar-refractivity contribution in [2.24, 2.45) is 0 Å². The molecule has 8 heteroatoms. The summed E-state index contributed by atoms with van der Waals surface area (Å²) in [5.41, 5.74) is 2.68. The normalized spacial score (nSPS) is 26.1. The van der Waals surface area contributed by atoms with E-state index in [1.807, 2.05) is 0 Å². The fourth-order valence-corrected chi connectivity index (χ4v) is 3.49. The van der Waals surface area contributed by atoms with Crippen LogP contribution in [0.2, 0.25) is 5.02 Å². The summed E-state index contributed by atoms with van der Waals surface area (Å²) >= 11 is 6.31.